The van der Waals surface area contributed by atoms with E-state index in [-0.39, 0.29) is 0 Å². The Morgan fingerprint density at radius 2 is 2.33 bits per heavy atom. The molecule has 1 N–H and O–H groups in total. The smallest absolute Gasteiger partial charge is 0.311 e. The molecule has 18 heavy (non-hydrogen) atoms. The van der Waals surface area contributed by atoms with Gasteiger partial charge in [-0.25, -0.2) is 0 Å². The molecule has 0 aliphatic carbocycles. The van der Waals surface area contributed by atoms with Crippen LogP contribution in [0.4, 0.5) is 5.69 Å². The second-order valence-electron chi connectivity index (χ2n) is 4.78. The number of hydrogen-bond donors (Lipinski definition) is 1. The highest BCUT2D eigenvalue weighted by Crippen LogP contribution is 2.36. The molecular weight excluding hydrogens is 296 g/mol. The number of aliphatic carboxylic acids is 1. The molecule has 1 aromatic rings. The molecule has 0 bridgehead atoms. The van der Waals surface area contributed by atoms with Gasteiger partial charge in [0, 0.05) is 17.6 Å². The van der Waals surface area contributed by atoms with Gasteiger partial charge in [0.25, 0.3) is 0 Å². The first-order valence-electron chi connectivity index (χ1n) is 5.65. The quantitative estimate of drug-likeness (QED) is 0.912. The van der Waals surface area contributed by atoms with Crippen molar-refractivity contribution in [2.45, 2.75) is 13.3 Å². The van der Waals surface area contributed by atoms with Crippen molar-refractivity contribution in [2.24, 2.45) is 5.41 Å². The highest BCUT2D eigenvalue weighted by molar-refractivity contribution is 9.10. The van der Waals surface area contributed by atoms with E-state index in [2.05, 4.69) is 22.0 Å². The van der Waals surface area contributed by atoms with Gasteiger partial charge in [0.05, 0.1) is 16.7 Å². The average molecular weight is 309 g/mol. The fourth-order valence-electron chi connectivity index (χ4n) is 2.23. The predicted molar refractivity (Wildman–Crippen MR) is 71.4 cm³/mol. The number of carboxylic acids is 1. The molecule has 4 nitrogen and oxygen atoms in total. The van der Waals surface area contributed by atoms with Gasteiger partial charge >= 0.3 is 5.97 Å². The van der Waals surface area contributed by atoms with Crippen LogP contribution in [0.1, 0.15) is 18.9 Å². The summed E-state index contributed by atoms with van der Waals surface area (Å²) in [6.07, 6.45) is 0.597. The van der Waals surface area contributed by atoms with Crippen molar-refractivity contribution in [3.63, 3.8) is 0 Å². The minimum atomic E-state index is -0.779. The summed E-state index contributed by atoms with van der Waals surface area (Å²) in [5.41, 5.74) is 0.638. The molecule has 1 unspecified atom stereocenters. The van der Waals surface area contributed by atoms with E-state index < -0.39 is 11.4 Å². The normalized spacial score (nSPS) is 22.8. The third kappa shape index (κ3) is 2.08. The van der Waals surface area contributed by atoms with Gasteiger partial charge in [0.2, 0.25) is 0 Å². The monoisotopic (exact) mass is 308 g/mol. The number of benzene rings is 1. The van der Waals surface area contributed by atoms with E-state index in [1.165, 1.54) is 0 Å². The van der Waals surface area contributed by atoms with E-state index in [0.29, 0.717) is 25.1 Å². The van der Waals surface area contributed by atoms with Crippen molar-refractivity contribution in [1.29, 1.82) is 5.26 Å². The van der Waals surface area contributed by atoms with Crippen LogP contribution in [0.25, 0.3) is 0 Å². The summed E-state index contributed by atoms with van der Waals surface area (Å²) >= 11 is 3.35. The van der Waals surface area contributed by atoms with E-state index in [1.807, 2.05) is 23.1 Å². The molecule has 1 heterocycles. The Balaban J connectivity index is 2.34. The zero-order valence-corrected chi connectivity index (χ0v) is 11.6. The van der Waals surface area contributed by atoms with Crippen LogP contribution >= 0.6 is 15.9 Å². The lowest BCUT2D eigenvalue weighted by Gasteiger charge is -2.23. The Bertz CT molecular complexity index is 538. The van der Waals surface area contributed by atoms with Crippen LogP contribution in [0.15, 0.2) is 22.7 Å². The second-order valence-corrected chi connectivity index (χ2v) is 5.64. The molecule has 5 heteroatoms. The fraction of sp³-hybridized carbons (Fsp3) is 0.385. The minimum Gasteiger partial charge on any atom is -0.481 e. The van der Waals surface area contributed by atoms with Crippen LogP contribution in [-0.2, 0) is 4.79 Å². The van der Waals surface area contributed by atoms with Crippen LogP contribution in [0, 0.1) is 16.7 Å². The zero-order chi connectivity index (χ0) is 13.3. The van der Waals surface area contributed by atoms with Crippen LogP contribution < -0.4 is 4.90 Å². The Morgan fingerprint density at radius 1 is 1.61 bits per heavy atom. The zero-order valence-electron chi connectivity index (χ0n) is 9.98. The van der Waals surface area contributed by atoms with E-state index in [1.54, 1.807) is 6.92 Å². The first kappa shape index (κ1) is 12.9. The molecule has 1 atom stereocenters. The van der Waals surface area contributed by atoms with Gasteiger partial charge < -0.3 is 10.0 Å². The summed E-state index contributed by atoms with van der Waals surface area (Å²) in [5, 5.41) is 18.4. The summed E-state index contributed by atoms with van der Waals surface area (Å²) in [4.78, 5) is 13.2. The molecule has 1 aliphatic heterocycles. The highest BCUT2D eigenvalue weighted by Gasteiger charge is 2.41. The number of halogens is 1. The molecule has 2 rings (SSSR count). The first-order valence-corrected chi connectivity index (χ1v) is 6.44. The Morgan fingerprint density at radius 3 is 2.89 bits per heavy atom. The molecule has 0 amide bonds. The maximum absolute atomic E-state index is 11.2. The Kier molecular flexibility index (Phi) is 3.31. The number of carbonyl (C=O) groups is 1. The average Bonchev–Trinajstić information content (AvgIpc) is 2.73. The van der Waals surface area contributed by atoms with Crippen LogP contribution in [-0.4, -0.2) is 24.2 Å². The summed E-state index contributed by atoms with van der Waals surface area (Å²) < 4.78 is 0.742. The van der Waals surface area contributed by atoms with Crippen LogP contribution in [0.5, 0.6) is 0 Å². The lowest BCUT2D eigenvalue weighted by atomic mass is 9.90. The van der Waals surface area contributed by atoms with Crippen molar-refractivity contribution in [3.05, 3.63) is 28.2 Å². The van der Waals surface area contributed by atoms with E-state index in [0.717, 1.165) is 10.2 Å². The highest BCUT2D eigenvalue weighted by atomic mass is 79.9. The SMILES string of the molecule is CC1(C(=O)O)CCN(c2cccc(Br)c2C#N)C1. The maximum atomic E-state index is 11.2. The molecule has 1 aromatic carbocycles. The first-order chi connectivity index (χ1) is 8.48. The van der Waals surface area contributed by atoms with E-state index >= 15 is 0 Å². The topological polar surface area (TPSA) is 64.3 Å². The number of nitrogens with zero attached hydrogens (tertiary/aromatic N) is 2. The molecule has 0 radical (unpaired) electrons. The number of nitriles is 1. The Labute approximate surface area is 114 Å². The standard InChI is InChI=1S/C13H13BrN2O2/c1-13(12(17)18)5-6-16(8-13)11-4-2-3-10(14)9(11)7-15/h2-4H,5-6,8H2,1H3,(H,17,18). The van der Waals surface area contributed by atoms with Crippen molar-refractivity contribution >= 4 is 27.6 Å². The molecule has 1 fully saturated rings. The predicted octanol–water partition coefficient (Wildman–Crippen LogP) is 2.62. The molecule has 0 saturated carbocycles. The molecule has 1 saturated heterocycles. The molecule has 94 valence electrons. The summed E-state index contributed by atoms with van der Waals surface area (Å²) in [7, 11) is 0. The van der Waals surface area contributed by atoms with Gasteiger partial charge in [-0.2, -0.15) is 5.26 Å². The third-order valence-corrected chi connectivity index (χ3v) is 4.09. The molecular formula is C13H13BrN2O2. The second kappa shape index (κ2) is 4.62. The Hall–Kier alpha value is -1.54. The summed E-state index contributed by atoms with van der Waals surface area (Å²) in [6.45, 7) is 2.85. The van der Waals surface area contributed by atoms with Gasteiger partial charge in [0.15, 0.2) is 0 Å². The number of hydrogen-bond acceptors (Lipinski definition) is 3. The van der Waals surface area contributed by atoms with E-state index in [9.17, 15) is 15.2 Å². The van der Waals surface area contributed by atoms with Gasteiger partial charge in [-0.15, -0.1) is 0 Å². The molecule has 1 aliphatic rings. The number of carboxylic acid groups (broad SMARTS) is 1. The molecule has 0 spiro atoms. The molecule has 0 aromatic heterocycles. The van der Waals surface area contributed by atoms with Crippen molar-refractivity contribution in [2.75, 3.05) is 18.0 Å². The fourth-order valence-corrected chi connectivity index (χ4v) is 2.67. The minimum absolute atomic E-state index is 0.438. The van der Waals surface area contributed by atoms with Crippen LogP contribution in [0.2, 0.25) is 0 Å². The lowest BCUT2D eigenvalue weighted by Crippen LogP contribution is -2.31. The van der Waals surface area contributed by atoms with Gasteiger partial charge in [-0.1, -0.05) is 6.07 Å². The lowest BCUT2D eigenvalue weighted by molar-refractivity contribution is -0.146. The maximum Gasteiger partial charge on any atom is 0.311 e. The van der Waals surface area contributed by atoms with Gasteiger partial charge in [-0.05, 0) is 41.4 Å². The van der Waals surface area contributed by atoms with Gasteiger partial charge in [-0.3, -0.25) is 4.79 Å². The summed E-state index contributed by atoms with van der Waals surface area (Å²) in [5.74, 6) is -0.779. The number of rotatable bonds is 2. The van der Waals surface area contributed by atoms with Crippen molar-refractivity contribution in [1.82, 2.24) is 0 Å². The van der Waals surface area contributed by atoms with Crippen molar-refractivity contribution < 1.29 is 9.90 Å². The van der Waals surface area contributed by atoms with Crippen molar-refractivity contribution in [3.8, 4) is 6.07 Å². The van der Waals surface area contributed by atoms with Gasteiger partial charge in [0.1, 0.15) is 6.07 Å². The van der Waals surface area contributed by atoms with E-state index in [4.69, 9.17) is 0 Å². The van der Waals surface area contributed by atoms with Crippen LogP contribution in [0.3, 0.4) is 0 Å². The summed E-state index contributed by atoms with van der Waals surface area (Å²) in [6, 6.07) is 7.69. The largest absolute Gasteiger partial charge is 0.481 e. The third-order valence-electron chi connectivity index (χ3n) is 3.43. The number of anilines is 1.